The van der Waals surface area contributed by atoms with Crippen molar-refractivity contribution in [3.8, 4) is 5.75 Å². The summed E-state index contributed by atoms with van der Waals surface area (Å²) in [6.45, 7) is 1.48. The van der Waals surface area contributed by atoms with E-state index in [0.29, 0.717) is 17.0 Å². The van der Waals surface area contributed by atoms with E-state index in [9.17, 15) is 20.2 Å². The predicted molar refractivity (Wildman–Crippen MR) is 114 cm³/mol. The largest absolute Gasteiger partial charge is 0.497 e. The van der Waals surface area contributed by atoms with Gasteiger partial charge in [-0.15, -0.1) is 0 Å². The number of nitro benzene ring substituents is 1. The van der Waals surface area contributed by atoms with Crippen LogP contribution >= 0.6 is 0 Å². The van der Waals surface area contributed by atoms with E-state index in [4.69, 9.17) is 4.74 Å². The number of nitrogens with zero attached hydrogens (tertiary/aromatic N) is 5. The van der Waals surface area contributed by atoms with Crippen LogP contribution in [0.3, 0.4) is 0 Å². The van der Waals surface area contributed by atoms with Gasteiger partial charge >= 0.3 is 5.69 Å². The molecule has 31 heavy (non-hydrogen) atoms. The van der Waals surface area contributed by atoms with Gasteiger partial charge in [0, 0.05) is 23.4 Å². The monoisotopic (exact) mass is 423 g/mol. The predicted octanol–water partition coefficient (Wildman–Crippen LogP) is 3.80. The molecule has 12 nitrogen and oxygen atoms in total. The molecule has 1 heterocycles. The van der Waals surface area contributed by atoms with E-state index in [1.807, 2.05) is 0 Å². The Morgan fingerprint density at radius 3 is 2.45 bits per heavy atom. The lowest BCUT2D eigenvalue weighted by atomic mass is 10.2. The second-order valence-electron chi connectivity index (χ2n) is 6.16. The lowest BCUT2D eigenvalue weighted by molar-refractivity contribution is -0.385. The number of rotatable bonds is 8. The number of anilines is 3. The van der Waals surface area contributed by atoms with Crippen molar-refractivity contribution in [2.24, 2.45) is 5.10 Å². The number of methoxy groups -OCH3 is 1. The summed E-state index contributed by atoms with van der Waals surface area (Å²) in [5, 5.41) is 29.2. The molecular weight excluding hydrogens is 406 g/mol. The van der Waals surface area contributed by atoms with Gasteiger partial charge in [0.2, 0.25) is 11.8 Å². The summed E-state index contributed by atoms with van der Waals surface area (Å²) in [6, 6.07) is 12.7. The molecule has 2 N–H and O–H groups in total. The maximum atomic E-state index is 11.5. The van der Waals surface area contributed by atoms with Crippen LogP contribution < -0.4 is 15.5 Å². The number of aryl methyl sites for hydroxylation is 1. The Morgan fingerprint density at radius 1 is 1.06 bits per heavy atom. The molecule has 0 saturated heterocycles. The van der Waals surface area contributed by atoms with Crippen LogP contribution in [-0.4, -0.2) is 33.1 Å². The first-order valence-electron chi connectivity index (χ1n) is 8.85. The molecule has 0 bridgehead atoms. The third-order valence-electron chi connectivity index (χ3n) is 4.05. The summed E-state index contributed by atoms with van der Waals surface area (Å²) in [5.41, 5.74) is 3.42. The van der Waals surface area contributed by atoms with Crippen LogP contribution in [0, 0.1) is 27.2 Å². The molecule has 3 rings (SSSR count). The fourth-order valence-electron chi connectivity index (χ4n) is 2.62. The van der Waals surface area contributed by atoms with Crippen LogP contribution in [0.2, 0.25) is 0 Å². The average Bonchev–Trinajstić information content (AvgIpc) is 2.74. The zero-order valence-electron chi connectivity index (χ0n) is 16.5. The number of benzene rings is 2. The van der Waals surface area contributed by atoms with Gasteiger partial charge in [-0.2, -0.15) is 10.1 Å². The van der Waals surface area contributed by atoms with Gasteiger partial charge in [0.05, 0.1) is 23.2 Å². The molecule has 0 fully saturated rings. The molecule has 1 aromatic heterocycles. The first-order chi connectivity index (χ1) is 14.9. The van der Waals surface area contributed by atoms with E-state index in [-0.39, 0.29) is 28.8 Å². The standard InChI is InChI=1S/C19H17N7O5/c1-12-17(26(29)30)18(22-14-6-8-16(31-2)9-7-14)23-19(21-12)24-20-11-13-4-3-5-15(10-13)25(27)28/h3-11H,1-2H3,(H2,21,22,23,24)/b20-11-. The SMILES string of the molecule is COc1ccc(Nc2nc(N/N=C\c3cccc([N+](=O)[O-])c3)nc(C)c2[N+](=O)[O-])cc1. The lowest BCUT2D eigenvalue weighted by Crippen LogP contribution is -2.07. The fraction of sp³-hybridized carbons (Fsp3) is 0.105. The maximum absolute atomic E-state index is 11.5. The Hall–Kier alpha value is -4.61. The number of ether oxygens (including phenoxy) is 1. The molecular formula is C19H17N7O5. The van der Waals surface area contributed by atoms with Gasteiger partial charge < -0.3 is 10.1 Å². The number of aromatic nitrogens is 2. The van der Waals surface area contributed by atoms with Crippen molar-refractivity contribution in [2.75, 3.05) is 17.9 Å². The normalized spacial score (nSPS) is 10.6. The summed E-state index contributed by atoms with van der Waals surface area (Å²) in [6.07, 6.45) is 1.35. The van der Waals surface area contributed by atoms with Crippen molar-refractivity contribution in [3.05, 3.63) is 80.0 Å². The van der Waals surface area contributed by atoms with Crippen LogP contribution in [0.5, 0.6) is 5.75 Å². The van der Waals surface area contributed by atoms with E-state index in [1.165, 1.54) is 38.4 Å². The highest BCUT2D eigenvalue weighted by atomic mass is 16.6. The summed E-state index contributed by atoms with van der Waals surface area (Å²) in [5.74, 6) is 0.633. The average molecular weight is 423 g/mol. The van der Waals surface area contributed by atoms with Crippen molar-refractivity contribution in [3.63, 3.8) is 0 Å². The quantitative estimate of drug-likeness (QED) is 0.312. The molecule has 0 radical (unpaired) electrons. The molecule has 0 atom stereocenters. The van der Waals surface area contributed by atoms with Crippen LogP contribution in [0.4, 0.5) is 28.8 Å². The Balaban J connectivity index is 1.85. The summed E-state index contributed by atoms with van der Waals surface area (Å²) < 4.78 is 5.10. The van der Waals surface area contributed by atoms with Crippen LogP contribution in [0.1, 0.15) is 11.3 Å². The second kappa shape index (κ2) is 9.26. The highest BCUT2D eigenvalue weighted by Crippen LogP contribution is 2.29. The Kier molecular flexibility index (Phi) is 6.30. The molecule has 0 saturated carbocycles. The number of hydrazone groups is 1. The molecule has 3 aromatic rings. The summed E-state index contributed by atoms with van der Waals surface area (Å²) >= 11 is 0. The minimum Gasteiger partial charge on any atom is -0.497 e. The topological polar surface area (TPSA) is 158 Å². The number of non-ortho nitro benzene ring substituents is 1. The first-order valence-corrected chi connectivity index (χ1v) is 8.85. The number of nitro groups is 2. The first kappa shape index (κ1) is 21.1. The van der Waals surface area contributed by atoms with E-state index in [1.54, 1.807) is 30.3 Å². The molecule has 0 aliphatic heterocycles. The highest BCUT2D eigenvalue weighted by molar-refractivity contribution is 5.81. The van der Waals surface area contributed by atoms with Crippen molar-refractivity contribution in [1.29, 1.82) is 0 Å². The zero-order chi connectivity index (χ0) is 22.4. The van der Waals surface area contributed by atoms with Gasteiger partial charge in [-0.05, 0) is 31.2 Å². The van der Waals surface area contributed by atoms with E-state index in [0.717, 1.165) is 0 Å². The lowest BCUT2D eigenvalue weighted by Gasteiger charge is -2.10. The van der Waals surface area contributed by atoms with Crippen molar-refractivity contribution in [2.45, 2.75) is 6.92 Å². The zero-order valence-corrected chi connectivity index (χ0v) is 16.5. The summed E-state index contributed by atoms with van der Waals surface area (Å²) in [7, 11) is 1.53. The molecule has 12 heteroatoms. The van der Waals surface area contributed by atoms with Gasteiger partial charge in [-0.3, -0.25) is 20.2 Å². The van der Waals surface area contributed by atoms with E-state index in [2.05, 4.69) is 25.8 Å². The van der Waals surface area contributed by atoms with Crippen molar-refractivity contribution in [1.82, 2.24) is 9.97 Å². The molecule has 0 spiro atoms. The minimum atomic E-state index is -0.572. The molecule has 0 aliphatic rings. The third-order valence-corrected chi connectivity index (χ3v) is 4.05. The Labute approximate surface area is 175 Å². The minimum absolute atomic E-state index is 0.0146. The Morgan fingerprint density at radius 2 is 1.81 bits per heavy atom. The molecule has 0 aliphatic carbocycles. The van der Waals surface area contributed by atoms with E-state index >= 15 is 0 Å². The molecule has 158 valence electrons. The molecule has 2 aromatic carbocycles. The maximum Gasteiger partial charge on any atom is 0.332 e. The van der Waals surface area contributed by atoms with Gasteiger partial charge in [0.25, 0.3) is 5.69 Å². The number of nitrogens with one attached hydrogen (secondary N) is 2. The van der Waals surface area contributed by atoms with Crippen LogP contribution in [0.15, 0.2) is 53.6 Å². The smallest absolute Gasteiger partial charge is 0.332 e. The number of hydrogen-bond donors (Lipinski definition) is 2. The van der Waals surface area contributed by atoms with Gasteiger partial charge in [0.1, 0.15) is 11.4 Å². The third kappa shape index (κ3) is 5.26. The molecule has 0 unspecified atom stereocenters. The van der Waals surface area contributed by atoms with Crippen LogP contribution in [0.25, 0.3) is 0 Å². The molecule has 0 amide bonds. The van der Waals surface area contributed by atoms with Crippen molar-refractivity contribution < 1.29 is 14.6 Å². The number of hydrogen-bond acceptors (Lipinski definition) is 10. The van der Waals surface area contributed by atoms with Gasteiger partial charge in [-0.25, -0.2) is 10.4 Å². The second-order valence-corrected chi connectivity index (χ2v) is 6.16. The summed E-state index contributed by atoms with van der Waals surface area (Å²) in [4.78, 5) is 29.5. The van der Waals surface area contributed by atoms with Crippen LogP contribution in [-0.2, 0) is 0 Å². The van der Waals surface area contributed by atoms with Gasteiger partial charge in [0.15, 0.2) is 0 Å². The Bertz CT molecular complexity index is 1150. The van der Waals surface area contributed by atoms with Crippen molar-refractivity contribution >= 4 is 35.0 Å². The van der Waals surface area contributed by atoms with Gasteiger partial charge in [-0.1, -0.05) is 12.1 Å². The highest BCUT2D eigenvalue weighted by Gasteiger charge is 2.22. The van der Waals surface area contributed by atoms with E-state index < -0.39 is 9.85 Å². The fourth-order valence-corrected chi connectivity index (χ4v) is 2.62.